The van der Waals surface area contributed by atoms with Crippen LogP contribution in [-0.4, -0.2) is 41.7 Å². The van der Waals surface area contributed by atoms with Crippen LogP contribution in [0.3, 0.4) is 0 Å². The average molecular weight is 347 g/mol. The summed E-state index contributed by atoms with van der Waals surface area (Å²) in [6.07, 6.45) is 2.89. The largest absolute Gasteiger partial charge is 0.393 e. The SMILES string of the molecule is CSCC[C@H](N)C(=O)NCC(CC(C)O)c1ccccc1.Cl. The fraction of sp³-hybridized carbons (Fsp3) is 0.562. The molecule has 1 rings (SSSR count). The number of aliphatic hydroxyl groups excluding tert-OH is 1. The molecular formula is C16H27ClN2O2S. The first kappa shape index (κ1) is 21.2. The zero-order valence-electron chi connectivity index (χ0n) is 13.2. The Bertz CT molecular complexity index is 418. The first-order chi connectivity index (χ1) is 10.0. The maximum atomic E-state index is 12.0. The van der Waals surface area contributed by atoms with Crippen LogP contribution in [0.2, 0.25) is 0 Å². The Morgan fingerprint density at radius 3 is 2.55 bits per heavy atom. The molecule has 22 heavy (non-hydrogen) atoms. The van der Waals surface area contributed by atoms with E-state index in [4.69, 9.17) is 5.73 Å². The minimum atomic E-state index is -0.458. The Balaban J connectivity index is 0.00000441. The molecule has 4 nitrogen and oxygen atoms in total. The van der Waals surface area contributed by atoms with Crippen molar-refractivity contribution in [2.45, 2.75) is 37.8 Å². The van der Waals surface area contributed by atoms with Crippen molar-refractivity contribution in [2.24, 2.45) is 5.73 Å². The molecule has 0 saturated heterocycles. The number of benzene rings is 1. The number of rotatable bonds is 9. The summed E-state index contributed by atoms with van der Waals surface area (Å²) in [5.74, 6) is 0.864. The lowest BCUT2D eigenvalue weighted by Gasteiger charge is -2.21. The second kappa shape index (κ2) is 11.8. The lowest BCUT2D eigenvalue weighted by Crippen LogP contribution is -2.42. The molecule has 0 bridgehead atoms. The van der Waals surface area contributed by atoms with Crippen LogP contribution in [0.5, 0.6) is 0 Å². The van der Waals surface area contributed by atoms with Gasteiger partial charge in [-0.1, -0.05) is 30.3 Å². The number of nitrogens with one attached hydrogen (secondary N) is 1. The number of carbonyl (C=O) groups is 1. The number of halogens is 1. The lowest BCUT2D eigenvalue weighted by molar-refractivity contribution is -0.122. The van der Waals surface area contributed by atoms with E-state index in [1.165, 1.54) is 0 Å². The van der Waals surface area contributed by atoms with Crippen molar-refractivity contribution < 1.29 is 9.90 Å². The number of carbonyl (C=O) groups excluding carboxylic acids is 1. The molecule has 4 N–H and O–H groups in total. The molecule has 0 heterocycles. The summed E-state index contributed by atoms with van der Waals surface area (Å²) in [5.41, 5.74) is 6.98. The fourth-order valence-electron chi connectivity index (χ4n) is 2.21. The van der Waals surface area contributed by atoms with Crippen LogP contribution in [0.25, 0.3) is 0 Å². The highest BCUT2D eigenvalue weighted by atomic mass is 35.5. The van der Waals surface area contributed by atoms with E-state index in [0.29, 0.717) is 19.4 Å². The number of nitrogens with two attached hydrogens (primary N) is 1. The quantitative estimate of drug-likeness (QED) is 0.640. The van der Waals surface area contributed by atoms with Crippen molar-refractivity contribution in [1.29, 1.82) is 0 Å². The van der Waals surface area contributed by atoms with Crippen molar-refractivity contribution in [2.75, 3.05) is 18.6 Å². The van der Waals surface area contributed by atoms with Gasteiger partial charge in [0.15, 0.2) is 0 Å². The van der Waals surface area contributed by atoms with Crippen molar-refractivity contribution in [1.82, 2.24) is 5.32 Å². The highest BCUT2D eigenvalue weighted by molar-refractivity contribution is 7.98. The Morgan fingerprint density at radius 1 is 1.36 bits per heavy atom. The van der Waals surface area contributed by atoms with E-state index in [1.54, 1.807) is 18.7 Å². The Morgan fingerprint density at radius 2 is 2.00 bits per heavy atom. The molecular weight excluding hydrogens is 320 g/mol. The zero-order chi connectivity index (χ0) is 15.7. The summed E-state index contributed by atoms with van der Waals surface area (Å²) in [6, 6.07) is 9.48. The third-order valence-electron chi connectivity index (χ3n) is 3.39. The van der Waals surface area contributed by atoms with Gasteiger partial charge in [0.25, 0.3) is 0 Å². The molecule has 1 amide bonds. The van der Waals surface area contributed by atoms with Crippen LogP contribution in [0.15, 0.2) is 30.3 Å². The van der Waals surface area contributed by atoms with Gasteiger partial charge in [-0.25, -0.2) is 0 Å². The van der Waals surface area contributed by atoms with E-state index in [9.17, 15) is 9.90 Å². The van der Waals surface area contributed by atoms with Gasteiger partial charge in [-0.05, 0) is 37.3 Å². The highest BCUT2D eigenvalue weighted by Crippen LogP contribution is 2.20. The van der Waals surface area contributed by atoms with Crippen molar-refractivity contribution in [3.63, 3.8) is 0 Å². The molecule has 1 aromatic carbocycles. The van der Waals surface area contributed by atoms with E-state index < -0.39 is 12.1 Å². The normalized spacial score (nSPS) is 14.5. The maximum Gasteiger partial charge on any atom is 0.236 e. The van der Waals surface area contributed by atoms with Gasteiger partial charge in [-0.2, -0.15) is 11.8 Å². The van der Waals surface area contributed by atoms with E-state index >= 15 is 0 Å². The van der Waals surface area contributed by atoms with Crippen LogP contribution in [0.4, 0.5) is 0 Å². The van der Waals surface area contributed by atoms with Crippen LogP contribution in [0.1, 0.15) is 31.2 Å². The second-order valence-corrected chi connectivity index (χ2v) is 6.31. The first-order valence-corrected chi connectivity index (χ1v) is 8.69. The van der Waals surface area contributed by atoms with Gasteiger partial charge in [0.2, 0.25) is 5.91 Å². The summed E-state index contributed by atoms with van der Waals surface area (Å²) in [7, 11) is 0. The predicted molar refractivity (Wildman–Crippen MR) is 96.7 cm³/mol. The average Bonchev–Trinajstić information content (AvgIpc) is 2.49. The van der Waals surface area contributed by atoms with Gasteiger partial charge >= 0.3 is 0 Å². The van der Waals surface area contributed by atoms with Crippen molar-refractivity contribution >= 4 is 30.1 Å². The molecule has 6 heteroatoms. The number of hydrogen-bond acceptors (Lipinski definition) is 4. The number of aliphatic hydroxyl groups is 1. The highest BCUT2D eigenvalue weighted by Gasteiger charge is 2.18. The van der Waals surface area contributed by atoms with E-state index in [-0.39, 0.29) is 24.2 Å². The van der Waals surface area contributed by atoms with Crippen molar-refractivity contribution in [3.8, 4) is 0 Å². The van der Waals surface area contributed by atoms with E-state index in [0.717, 1.165) is 11.3 Å². The third-order valence-corrected chi connectivity index (χ3v) is 4.03. The topological polar surface area (TPSA) is 75.4 Å². The van der Waals surface area contributed by atoms with Crippen LogP contribution >= 0.6 is 24.2 Å². The van der Waals surface area contributed by atoms with Gasteiger partial charge in [-0.3, -0.25) is 4.79 Å². The number of amides is 1. The lowest BCUT2D eigenvalue weighted by atomic mass is 9.93. The molecule has 0 spiro atoms. The molecule has 3 atom stereocenters. The van der Waals surface area contributed by atoms with E-state index in [2.05, 4.69) is 5.32 Å². The van der Waals surface area contributed by atoms with Crippen LogP contribution in [-0.2, 0) is 4.79 Å². The minimum absolute atomic E-state index is 0. The van der Waals surface area contributed by atoms with Gasteiger partial charge in [0.1, 0.15) is 0 Å². The number of thioether (sulfide) groups is 1. The molecule has 0 aliphatic carbocycles. The molecule has 0 aliphatic heterocycles. The van der Waals surface area contributed by atoms with Gasteiger partial charge in [0.05, 0.1) is 12.1 Å². The third kappa shape index (κ3) is 8.03. The van der Waals surface area contributed by atoms with Gasteiger partial charge < -0.3 is 16.2 Å². The summed E-state index contributed by atoms with van der Waals surface area (Å²) >= 11 is 1.68. The smallest absolute Gasteiger partial charge is 0.236 e. The summed E-state index contributed by atoms with van der Waals surface area (Å²) in [6.45, 7) is 2.27. The second-order valence-electron chi connectivity index (χ2n) is 5.33. The molecule has 0 aromatic heterocycles. The fourth-order valence-corrected chi connectivity index (χ4v) is 2.69. The number of hydrogen-bond donors (Lipinski definition) is 3. The zero-order valence-corrected chi connectivity index (χ0v) is 14.8. The summed E-state index contributed by atoms with van der Waals surface area (Å²) in [4.78, 5) is 12.0. The molecule has 0 aliphatic rings. The molecule has 1 aromatic rings. The maximum absolute atomic E-state index is 12.0. The monoisotopic (exact) mass is 346 g/mol. The van der Waals surface area contributed by atoms with E-state index in [1.807, 2.05) is 36.6 Å². The minimum Gasteiger partial charge on any atom is -0.393 e. The Labute approximate surface area is 143 Å². The Kier molecular flexibility index (Phi) is 11.4. The molecule has 0 saturated carbocycles. The van der Waals surface area contributed by atoms with Crippen LogP contribution in [0, 0.1) is 0 Å². The standard InChI is InChI=1S/C16H26N2O2S.ClH/c1-12(19)10-14(13-6-4-3-5-7-13)11-18-16(20)15(17)8-9-21-2;/h3-7,12,14-15,19H,8-11,17H2,1-2H3,(H,18,20);1H/t12?,14?,15-;/m0./s1. The van der Waals surface area contributed by atoms with Gasteiger partial charge in [0, 0.05) is 12.5 Å². The molecule has 2 unspecified atom stereocenters. The molecule has 0 fully saturated rings. The summed E-state index contributed by atoms with van der Waals surface area (Å²) in [5, 5.41) is 12.5. The van der Waals surface area contributed by atoms with Crippen LogP contribution < -0.4 is 11.1 Å². The predicted octanol–water partition coefficient (Wildman–Crippen LogP) is 2.16. The Hall–Kier alpha value is -0.750. The first-order valence-electron chi connectivity index (χ1n) is 7.29. The molecule has 0 radical (unpaired) electrons. The summed E-state index contributed by atoms with van der Waals surface area (Å²) < 4.78 is 0. The van der Waals surface area contributed by atoms with Gasteiger partial charge in [-0.15, -0.1) is 12.4 Å². The molecule has 126 valence electrons. The van der Waals surface area contributed by atoms with Crippen molar-refractivity contribution in [3.05, 3.63) is 35.9 Å².